The van der Waals surface area contributed by atoms with Crippen LogP contribution in [0.2, 0.25) is 0 Å². The number of carbonyl (C=O) groups is 1. The lowest BCUT2D eigenvalue weighted by molar-refractivity contribution is 0.0926. The molecular formula is C23H24N2O5S. The number of amides is 1. The summed E-state index contributed by atoms with van der Waals surface area (Å²) in [6, 6.07) is 21.3. The first-order valence-electron chi connectivity index (χ1n) is 9.63. The standard InChI is InChI=1S/C23H24N2O5S/c1-17(16-30-22-11-7-6-10-21(22)29-2)24-23(26)18-12-14-19(15-13-18)25-31(27,28)20-8-4-3-5-9-20/h3-15,17,25H,16H2,1-2H3,(H,24,26)/t17-/m1/s1. The third-order valence-corrected chi connectivity index (χ3v) is 5.79. The summed E-state index contributed by atoms with van der Waals surface area (Å²) in [5, 5.41) is 2.85. The summed E-state index contributed by atoms with van der Waals surface area (Å²) in [6.07, 6.45) is 0. The van der Waals surface area contributed by atoms with E-state index in [-0.39, 0.29) is 23.5 Å². The van der Waals surface area contributed by atoms with Crippen LogP contribution in [0.1, 0.15) is 17.3 Å². The van der Waals surface area contributed by atoms with E-state index < -0.39 is 10.0 Å². The lowest BCUT2D eigenvalue weighted by Gasteiger charge is -2.16. The SMILES string of the molecule is COc1ccccc1OC[C@@H](C)NC(=O)c1ccc(NS(=O)(=O)c2ccccc2)cc1. The van der Waals surface area contributed by atoms with Crippen LogP contribution in [-0.2, 0) is 10.0 Å². The fourth-order valence-corrected chi connectivity index (χ4v) is 3.88. The summed E-state index contributed by atoms with van der Waals surface area (Å²) in [5.41, 5.74) is 0.778. The third kappa shape index (κ3) is 5.99. The number of hydrogen-bond donors (Lipinski definition) is 2. The van der Waals surface area contributed by atoms with E-state index in [4.69, 9.17) is 9.47 Å². The van der Waals surface area contributed by atoms with Crippen LogP contribution in [0.25, 0.3) is 0 Å². The average molecular weight is 441 g/mol. The number of rotatable bonds is 9. The predicted molar refractivity (Wildman–Crippen MR) is 119 cm³/mol. The van der Waals surface area contributed by atoms with Crippen LogP contribution in [0.15, 0.2) is 83.8 Å². The molecular weight excluding hydrogens is 416 g/mol. The van der Waals surface area contributed by atoms with Gasteiger partial charge in [-0.3, -0.25) is 9.52 Å². The fraction of sp³-hybridized carbons (Fsp3) is 0.174. The molecule has 1 atom stereocenters. The van der Waals surface area contributed by atoms with E-state index in [2.05, 4.69) is 10.0 Å². The van der Waals surface area contributed by atoms with Gasteiger partial charge in [-0.2, -0.15) is 0 Å². The number of nitrogens with one attached hydrogen (secondary N) is 2. The van der Waals surface area contributed by atoms with Crippen LogP contribution in [0.3, 0.4) is 0 Å². The Morgan fingerprint density at radius 2 is 1.52 bits per heavy atom. The van der Waals surface area contributed by atoms with Crippen molar-refractivity contribution < 1.29 is 22.7 Å². The van der Waals surface area contributed by atoms with E-state index in [1.165, 1.54) is 12.1 Å². The maximum atomic E-state index is 12.5. The Kier molecular flexibility index (Phi) is 7.15. The van der Waals surface area contributed by atoms with E-state index in [1.807, 2.05) is 19.1 Å². The molecule has 8 heteroatoms. The van der Waals surface area contributed by atoms with Gasteiger partial charge in [-0.25, -0.2) is 8.42 Å². The maximum absolute atomic E-state index is 12.5. The van der Waals surface area contributed by atoms with Gasteiger partial charge < -0.3 is 14.8 Å². The fourth-order valence-electron chi connectivity index (χ4n) is 2.80. The molecule has 3 rings (SSSR count). The molecule has 0 bridgehead atoms. The van der Waals surface area contributed by atoms with E-state index in [0.29, 0.717) is 22.7 Å². The first kappa shape index (κ1) is 22.2. The molecule has 0 saturated heterocycles. The van der Waals surface area contributed by atoms with Crippen LogP contribution in [0.4, 0.5) is 5.69 Å². The molecule has 0 aromatic heterocycles. The number of benzene rings is 3. The molecule has 2 N–H and O–H groups in total. The molecule has 3 aromatic carbocycles. The second-order valence-corrected chi connectivity index (χ2v) is 8.51. The molecule has 0 aliphatic heterocycles. The Hall–Kier alpha value is -3.52. The highest BCUT2D eigenvalue weighted by atomic mass is 32.2. The van der Waals surface area contributed by atoms with Gasteiger partial charge in [0.25, 0.3) is 15.9 Å². The van der Waals surface area contributed by atoms with E-state index in [1.54, 1.807) is 61.7 Å². The average Bonchev–Trinajstić information content (AvgIpc) is 2.78. The van der Waals surface area contributed by atoms with Gasteiger partial charge in [0.2, 0.25) is 0 Å². The van der Waals surface area contributed by atoms with Crippen molar-refractivity contribution in [2.45, 2.75) is 17.9 Å². The normalized spacial score (nSPS) is 11.9. The molecule has 3 aromatic rings. The van der Waals surface area contributed by atoms with Crippen LogP contribution >= 0.6 is 0 Å². The molecule has 0 unspecified atom stereocenters. The molecule has 0 fully saturated rings. The molecule has 0 heterocycles. The summed E-state index contributed by atoms with van der Waals surface area (Å²) in [6.45, 7) is 2.09. The van der Waals surface area contributed by atoms with Crippen LogP contribution in [0.5, 0.6) is 11.5 Å². The van der Waals surface area contributed by atoms with Crippen molar-refractivity contribution in [3.8, 4) is 11.5 Å². The Bertz CT molecular complexity index is 1120. The topological polar surface area (TPSA) is 93.7 Å². The van der Waals surface area contributed by atoms with Crippen LogP contribution < -0.4 is 19.5 Å². The van der Waals surface area contributed by atoms with Crippen molar-refractivity contribution in [1.29, 1.82) is 0 Å². The van der Waals surface area contributed by atoms with Gasteiger partial charge in [0.05, 0.1) is 18.0 Å². The summed E-state index contributed by atoms with van der Waals surface area (Å²) in [7, 11) is -2.12. The Morgan fingerprint density at radius 1 is 0.903 bits per heavy atom. The third-order valence-electron chi connectivity index (χ3n) is 4.39. The van der Waals surface area contributed by atoms with Crippen molar-refractivity contribution in [2.24, 2.45) is 0 Å². The lowest BCUT2D eigenvalue weighted by atomic mass is 10.2. The van der Waals surface area contributed by atoms with Gasteiger partial charge >= 0.3 is 0 Å². The smallest absolute Gasteiger partial charge is 0.261 e. The van der Waals surface area contributed by atoms with Gasteiger partial charge in [-0.15, -0.1) is 0 Å². The number of anilines is 1. The first-order chi connectivity index (χ1) is 14.9. The van der Waals surface area contributed by atoms with Gasteiger partial charge in [0.15, 0.2) is 11.5 Å². The molecule has 0 aliphatic rings. The highest BCUT2D eigenvalue weighted by molar-refractivity contribution is 7.92. The number of carbonyl (C=O) groups excluding carboxylic acids is 1. The quantitative estimate of drug-likeness (QED) is 0.529. The summed E-state index contributed by atoms with van der Waals surface area (Å²) >= 11 is 0. The predicted octanol–water partition coefficient (Wildman–Crippen LogP) is 3.69. The van der Waals surface area contributed by atoms with Crippen molar-refractivity contribution in [2.75, 3.05) is 18.4 Å². The number of ether oxygens (including phenoxy) is 2. The first-order valence-corrected chi connectivity index (χ1v) is 11.1. The number of sulfonamides is 1. The van der Waals surface area contributed by atoms with Gasteiger partial charge in [-0.1, -0.05) is 30.3 Å². The van der Waals surface area contributed by atoms with E-state index >= 15 is 0 Å². The zero-order chi connectivity index (χ0) is 22.3. The highest BCUT2D eigenvalue weighted by Gasteiger charge is 2.15. The molecule has 0 aliphatic carbocycles. The monoisotopic (exact) mass is 440 g/mol. The summed E-state index contributed by atoms with van der Waals surface area (Å²) in [5.74, 6) is 0.935. The van der Waals surface area contributed by atoms with Crippen molar-refractivity contribution in [3.05, 3.63) is 84.4 Å². The Labute approximate surface area is 182 Å². The van der Waals surface area contributed by atoms with Crippen LogP contribution in [0, 0.1) is 0 Å². The summed E-state index contributed by atoms with van der Waals surface area (Å²) < 4.78 is 38.2. The van der Waals surface area contributed by atoms with Crippen LogP contribution in [-0.4, -0.2) is 34.1 Å². The second kappa shape index (κ2) is 9.99. The Morgan fingerprint density at radius 3 is 2.16 bits per heavy atom. The van der Waals surface area contributed by atoms with Gasteiger partial charge in [0, 0.05) is 11.3 Å². The maximum Gasteiger partial charge on any atom is 0.261 e. The minimum atomic E-state index is -3.68. The van der Waals surface area contributed by atoms with E-state index in [9.17, 15) is 13.2 Å². The highest BCUT2D eigenvalue weighted by Crippen LogP contribution is 2.25. The number of methoxy groups -OCH3 is 1. The molecule has 31 heavy (non-hydrogen) atoms. The zero-order valence-corrected chi connectivity index (χ0v) is 18.1. The minimum absolute atomic E-state index is 0.167. The molecule has 162 valence electrons. The zero-order valence-electron chi connectivity index (χ0n) is 17.2. The largest absolute Gasteiger partial charge is 0.493 e. The van der Waals surface area contributed by atoms with Gasteiger partial charge in [-0.05, 0) is 55.5 Å². The van der Waals surface area contributed by atoms with Crippen molar-refractivity contribution >= 4 is 21.6 Å². The lowest BCUT2D eigenvalue weighted by Crippen LogP contribution is -2.36. The molecule has 0 saturated carbocycles. The molecule has 7 nitrogen and oxygen atoms in total. The van der Waals surface area contributed by atoms with E-state index in [0.717, 1.165) is 0 Å². The van der Waals surface area contributed by atoms with Crippen molar-refractivity contribution in [3.63, 3.8) is 0 Å². The number of hydrogen-bond acceptors (Lipinski definition) is 5. The molecule has 1 amide bonds. The number of para-hydroxylation sites is 2. The Balaban J connectivity index is 1.56. The molecule has 0 spiro atoms. The summed E-state index contributed by atoms with van der Waals surface area (Å²) in [4.78, 5) is 12.6. The minimum Gasteiger partial charge on any atom is -0.493 e. The molecule has 0 radical (unpaired) electrons. The van der Waals surface area contributed by atoms with Crippen molar-refractivity contribution in [1.82, 2.24) is 5.32 Å². The van der Waals surface area contributed by atoms with Gasteiger partial charge in [0.1, 0.15) is 6.61 Å². The second-order valence-electron chi connectivity index (χ2n) is 6.83.